The minimum absolute atomic E-state index is 0.0537. The van der Waals surface area contributed by atoms with Gasteiger partial charge >= 0.3 is 11.7 Å². The van der Waals surface area contributed by atoms with Crippen molar-refractivity contribution in [3.05, 3.63) is 94.7 Å². The summed E-state index contributed by atoms with van der Waals surface area (Å²) < 4.78 is 7.34. The van der Waals surface area contributed by atoms with E-state index in [1.807, 2.05) is 42.5 Å². The third-order valence-electron chi connectivity index (χ3n) is 5.28. The summed E-state index contributed by atoms with van der Waals surface area (Å²) >= 11 is 0. The maximum absolute atomic E-state index is 12.4. The third-order valence-corrected chi connectivity index (χ3v) is 5.28. The first-order valence-electron chi connectivity index (χ1n) is 10.7. The Labute approximate surface area is 186 Å². The minimum atomic E-state index is -0.308. The molecule has 2 aromatic carbocycles. The largest absolute Gasteiger partial charge is 0.374 e. The predicted octanol–water partition coefficient (Wildman–Crippen LogP) is 2.31. The molecule has 1 aliphatic heterocycles. The van der Waals surface area contributed by atoms with Gasteiger partial charge < -0.3 is 15.4 Å². The fourth-order valence-corrected chi connectivity index (χ4v) is 3.72. The molecule has 1 atom stereocenters. The van der Waals surface area contributed by atoms with Crippen molar-refractivity contribution in [3.63, 3.8) is 0 Å². The van der Waals surface area contributed by atoms with E-state index in [4.69, 9.17) is 4.74 Å². The summed E-state index contributed by atoms with van der Waals surface area (Å²) in [4.78, 5) is 30.3. The summed E-state index contributed by atoms with van der Waals surface area (Å²) in [7, 11) is 0. The van der Waals surface area contributed by atoms with E-state index in [0.717, 1.165) is 25.2 Å². The molecule has 0 unspecified atom stereocenters. The number of rotatable bonds is 7. The lowest BCUT2D eigenvalue weighted by Gasteiger charge is -2.33. The molecule has 1 saturated heterocycles. The average molecular weight is 434 g/mol. The smallest absolute Gasteiger partial charge is 0.347 e. The first kappa shape index (κ1) is 21.7. The molecule has 1 aromatic heterocycles. The van der Waals surface area contributed by atoms with Crippen molar-refractivity contribution in [3.8, 4) is 0 Å². The van der Waals surface area contributed by atoms with Gasteiger partial charge in [0.25, 0.3) is 0 Å². The number of morpholine rings is 1. The number of anilines is 1. The molecular formula is C24H27N5O3. The van der Waals surface area contributed by atoms with Crippen molar-refractivity contribution < 1.29 is 9.53 Å². The second-order valence-corrected chi connectivity index (χ2v) is 7.78. The summed E-state index contributed by atoms with van der Waals surface area (Å²) in [5.74, 6) is 0. The van der Waals surface area contributed by atoms with Gasteiger partial charge in [-0.15, -0.1) is 0 Å². The second kappa shape index (κ2) is 10.7. The van der Waals surface area contributed by atoms with Gasteiger partial charge in [-0.3, -0.25) is 9.47 Å². The van der Waals surface area contributed by atoms with E-state index in [-0.39, 0.29) is 17.8 Å². The summed E-state index contributed by atoms with van der Waals surface area (Å²) in [5.41, 5.74) is 2.52. The Kier molecular flexibility index (Phi) is 7.27. The van der Waals surface area contributed by atoms with Gasteiger partial charge in [0.15, 0.2) is 0 Å². The lowest BCUT2D eigenvalue weighted by molar-refractivity contribution is -0.0285. The number of carbonyl (C=O) groups is 1. The summed E-state index contributed by atoms with van der Waals surface area (Å²) in [6, 6.07) is 19.2. The molecule has 1 aliphatic rings. The van der Waals surface area contributed by atoms with E-state index in [1.165, 1.54) is 16.3 Å². The molecule has 8 heteroatoms. The van der Waals surface area contributed by atoms with Crippen LogP contribution in [0.25, 0.3) is 0 Å². The number of hydrogen-bond donors (Lipinski definition) is 2. The van der Waals surface area contributed by atoms with Crippen molar-refractivity contribution in [2.45, 2.75) is 19.2 Å². The zero-order valence-corrected chi connectivity index (χ0v) is 17.8. The average Bonchev–Trinajstić information content (AvgIpc) is 2.80. The number of carbonyl (C=O) groups excluding carboxylic acids is 1. The van der Waals surface area contributed by atoms with Gasteiger partial charge in [0, 0.05) is 44.3 Å². The van der Waals surface area contributed by atoms with Crippen LogP contribution in [0.4, 0.5) is 10.5 Å². The Morgan fingerprint density at radius 2 is 1.91 bits per heavy atom. The van der Waals surface area contributed by atoms with Crippen LogP contribution in [-0.2, 0) is 17.8 Å². The molecule has 2 heterocycles. The van der Waals surface area contributed by atoms with E-state index in [9.17, 15) is 9.59 Å². The van der Waals surface area contributed by atoms with Gasteiger partial charge in [-0.1, -0.05) is 42.5 Å². The van der Waals surface area contributed by atoms with Crippen LogP contribution in [0, 0.1) is 0 Å². The highest BCUT2D eigenvalue weighted by molar-refractivity contribution is 5.89. The van der Waals surface area contributed by atoms with E-state index >= 15 is 0 Å². The first-order valence-corrected chi connectivity index (χ1v) is 10.7. The molecule has 0 bridgehead atoms. The van der Waals surface area contributed by atoms with Crippen molar-refractivity contribution in [1.82, 2.24) is 19.8 Å². The molecule has 0 aliphatic carbocycles. The van der Waals surface area contributed by atoms with Crippen LogP contribution >= 0.6 is 0 Å². The van der Waals surface area contributed by atoms with Crippen LogP contribution in [0.1, 0.15) is 11.1 Å². The van der Waals surface area contributed by atoms with Crippen LogP contribution in [0.15, 0.2) is 77.9 Å². The highest BCUT2D eigenvalue weighted by Gasteiger charge is 2.21. The number of amides is 2. The topological polar surface area (TPSA) is 88.5 Å². The monoisotopic (exact) mass is 433 g/mol. The Bertz CT molecular complexity index is 1090. The van der Waals surface area contributed by atoms with E-state index in [0.29, 0.717) is 25.4 Å². The molecule has 2 amide bonds. The van der Waals surface area contributed by atoms with Crippen LogP contribution in [0.5, 0.6) is 0 Å². The molecule has 166 valence electrons. The summed E-state index contributed by atoms with van der Waals surface area (Å²) in [5, 5.41) is 5.75. The Hall–Kier alpha value is -3.49. The van der Waals surface area contributed by atoms with Crippen LogP contribution in [-0.4, -0.2) is 52.8 Å². The van der Waals surface area contributed by atoms with Crippen molar-refractivity contribution in [2.75, 3.05) is 31.6 Å². The number of nitrogens with one attached hydrogen (secondary N) is 2. The van der Waals surface area contributed by atoms with E-state index in [2.05, 4.69) is 32.7 Å². The molecule has 0 radical (unpaired) electrons. The molecular weight excluding hydrogens is 406 g/mol. The number of ether oxygens (including phenoxy) is 1. The van der Waals surface area contributed by atoms with Crippen molar-refractivity contribution in [2.24, 2.45) is 0 Å². The van der Waals surface area contributed by atoms with Gasteiger partial charge in [-0.05, 0) is 29.3 Å². The fourth-order valence-electron chi connectivity index (χ4n) is 3.72. The Balaban J connectivity index is 1.26. The van der Waals surface area contributed by atoms with Crippen molar-refractivity contribution in [1.29, 1.82) is 0 Å². The standard InChI is InChI=1S/C24H27N5O3/c30-23(26-15-22-18-28(12-13-32-22)16-19-6-2-1-3-7-19)27-21-9-4-8-20(14-21)17-29-11-5-10-25-24(29)31/h1-11,14,22H,12-13,15-18H2,(H2,26,27,30)/t22-/m0/s1. The molecule has 3 aromatic rings. The predicted molar refractivity (Wildman–Crippen MR) is 123 cm³/mol. The van der Waals surface area contributed by atoms with Crippen LogP contribution in [0.2, 0.25) is 0 Å². The molecule has 1 fully saturated rings. The number of aromatic nitrogens is 2. The molecule has 4 rings (SSSR count). The lowest BCUT2D eigenvalue weighted by Crippen LogP contribution is -2.47. The van der Waals surface area contributed by atoms with E-state index < -0.39 is 0 Å². The third kappa shape index (κ3) is 6.26. The first-order chi connectivity index (χ1) is 15.7. The normalized spacial score (nSPS) is 16.4. The number of urea groups is 1. The Morgan fingerprint density at radius 3 is 2.75 bits per heavy atom. The highest BCUT2D eigenvalue weighted by atomic mass is 16.5. The van der Waals surface area contributed by atoms with Gasteiger partial charge in [-0.25, -0.2) is 14.6 Å². The van der Waals surface area contributed by atoms with Gasteiger partial charge in [-0.2, -0.15) is 0 Å². The molecule has 2 N–H and O–H groups in total. The second-order valence-electron chi connectivity index (χ2n) is 7.78. The summed E-state index contributed by atoms with van der Waals surface area (Å²) in [6.45, 7) is 3.99. The molecule has 8 nitrogen and oxygen atoms in total. The maximum Gasteiger partial charge on any atom is 0.347 e. The number of nitrogens with zero attached hydrogens (tertiary/aromatic N) is 3. The maximum atomic E-state index is 12.4. The molecule has 0 saturated carbocycles. The Morgan fingerprint density at radius 1 is 1.06 bits per heavy atom. The van der Waals surface area contributed by atoms with Crippen LogP contribution < -0.4 is 16.3 Å². The van der Waals surface area contributed by atoms with Crippen molar-refractivity contribution >= 4 is 11.7 Å². The number of hydrogen-bond acceptors (Lipinski definition) is 5. The van der Waals surface area contributed by atoms with E-state index in [1.54, 1.807) is 12.3 Å². The zero-order valence-electron chi connectivity index (χ0n) is 17.8. The SMILES string of the molecule is O=C(NC[C@H]1CN(Cc2ccccc2)CCO1)Nc1cccc(Cn2cccnc2=O)c1. The number of benzene rings is 2. The quantitative estimate of drug-likeness (QED) is 0.597. The zero-order chi connectivity index (χ0) is 22.2. The van der Waals surface area contributed by atoms with Gasteiger partial charge in [0.05, 0.1) is 19.3 Å². The highest BCUT2D eigenvalue weighted by Crippen LogP contribution is 2.12. The van der Waals surface area contributed by atoms with Gasteiger partial charge in [0.2, 0.25) is 0 Å². The lowest BCUT2D eigenvalue weighted by atomic mass is 10.2. The minimum Gasteiger partial charge on any atom is -0.374 e. The molecule has 0 spiro atoms. The van der Waals surface area contributed by atoms with Crippen LogP contribution in [0.3, 0.4) is 0 Å². The fraction of sp³-hybridized carbons (Fsp3) is 0.292. The van der Waals surface area contributed by atoms with Gasteiger partial charge in [0.1, 0.15) is 0 Å². The summed E-state index contributed by atoms with van der Waals surface area (Å²) in [6.07, 6.45) is 3.10. The molecule has 32 heavy (non-hydrogen) atoms.